The van der Waals surface area contributed by atoms with E-state index in [0.29, 0.717) is 38.0 Å². The largest absolute Gasteiger partial charge is 0.389 e. The second-order valence-electron chi connectivity index (χ2n) is 13.4. The molecule has 0 radical (unpaired) electrons. The maximum atomic E-state index is 16.1. The van der Waals surface area contributed by atoms with Crippen molar-refractivity contribution in [1.82, 2.24) is 30.8 Å². The van der Waals surface area contributed by atoms with E-state index in [4.69, 9.17) is 5.21 Å². The molecule has 4 N–H and O–H groups in total. The number of piperidine rings is 1. The van der Waals surface area contributed by atoms with Gasteiger partial charge in [-0.2, -0.15) is 10.5 Å². The van der Waals surface area contributed by atoms with Crippen LogP contribution in [-0.4, -0.2) is 60.9 Å². The van der Waals surface area contributed by atoms with Gasteiger partial charge in [-0.05, 0) is 61.6 Å². The maximum Gasteiger partial charge on any atom is 0.274 e. The molecule has 1 aliphatic rings. The molecule has 1 fully saturated rings. The summed E-state index contributed by atoms with van der Waals surface area (Å²) in [5.41, 5.74) is 1.47. The third-order valence-corrected chi connectivity index (χ3v) is 9.12. The summed E-state index contributed by atoms with van der Waals surface area (Å²) in [6.45, 7) is 8.04. The third-order valence-electron chi connectivity index (χ3n) is 9.12. The first-order valence-corrected chi connectivity index (χ1v) is 16.6. The highest BCUT2D eigenvalue weighted by molar-refractivity contribution is 6.18. The Morgan fingerprint density at radius 2 is 1.75 bits per heavy atom. The quantitative estimate of drug-likeness (QED) is 0.0834. The molecule has 5 aromatic rings. The van der Waals surface area contributed by atoms with Crippen molar-refractivity contribution in [2.45, 2.75) is 51.4 Å². The van der Waals surface area contributed by atoms with Gasteiger partial charge < -0.3 is 15.3 Å². The number of hydrogen-bond donors (Lipinski definition) is 4. The molecule has 12 nitrogen and oxygen atoms in total. The predicted molar refractivity (Wildman–Crippen MR) is 189 cm³/mol. The molecule has 0 unspecified atom stereocenters. The highest BCUT2D eigenvalue weighted by atomic mass is 19.2. The third kappa shape index (κ3) is 7.45. The molecule has 15 heteroatoms. The van der Waals surface area contributed by atoms with Crippen LogP contribution in [0.1, 0.15) is 48.9 Å². The summed E-state index contributed by atoms with van der Waals surface area (Å²) in [5.74, 6) is -3.79. The molecular weight excluding hydrogens is 687 g/mol. The normalized spacial score (nSPS) is 13.5. The van der Waals surface area contributed by atoms with Crippen LogP contribution in [0.5, 0.6) is 0 Å². The van der Waals surface area contributed by atoms with Crippen LogP contribution >= 0.6 is 0 Å². The number of carbonyl (C=O) groups is 1. The molecule has 6 rings (SSSR count). The zero-order chi connectivity index (χ0) is 38.0. The zero-order valence-electron chi connectivity index (χ0n) is 28.8. The molecule has 2 aromatic heterocycles. The Labute approximate surface area is 302 Å². The lowest BCUT2D eigenvalue weighted by Gasteiger charge is -2.34. The standard InChI is InChI=1S/C38H34F3N9O3/c1-21(37(51)47-53)23-6-4-22(5-7-23)18-44-26-10-12-49(13-11-26)36-28(17-43)32(24-8-9-25(16-42)30(39)14-24)29(19-45-36)27-15-31-35(34(41)33(27)40)50(48-46-31)20-38(2,3)52/h4-9,14-15,19,26,44,52-53H,1,10-13,18,20H2,2-3H3,(H,47,51). The molecular formula is C38H34F3N9O3. The molecule has 270 valence electrons. The Morgan fingerprint density at radius 3 is 2.38 bits per heavy atom. The smallest absolute Gasteiger partial charge is 0.274 e. The lowest BCUT2D eigenvalue weighted by molar-refractivity contribution is -0.123. The SMILES string of the molecule is C=C(C(=O)NO)c1ccc(CNC2CCN(c3ncc(-c4cc5nnn(CC(C)(C)O)c5c(F)c4F)c(-c4ccc(C#N)c(F)c4)c3C#N)CC2)cc1. The van der Waals surface area contributed by atoms with Crippen molar-refractivity contribution in [2.75, 3.05) is 18.0 Å². The lowest BCUT2D eigenvalue weighted by atomic mass is 9.90. The van der Waals surface area contributed by atoms with E-state index in [2.05, 4.69) is 33.3 Å². The second-order valence-corrected chi connectivity index (χ2v) is 13.4. The molecule has 1 aliphatic heterocycles. The molecule has 3 heterocycles. The van der Waals surface area contributed by atoms with Crippen molar-refractivity contribution in [3.8, 4) is 34.4 Å². The monoisotopic (exact) mass is 721 g/mol. The maximum absolute atomic E-state index is 16.1. The second kappa shape index (κ2) is 14.8. The summed E-state index contributed by atoms with van der Waals surface area (Å²) < 4.78 is 48.0. The summed E-state index contributed by atoms with van der Waals surface area (Å²) in [4.78, 5) is 18.1. The number of aromatic nitrogens is 4. The highest BCUT2D eigenvalue weighted by Gasteiger charge is 2.29. The number of pyridine rings is 1. The molecule has 3 aromatic carbocycles. The number of hydrogen-bond acceptors (Lipinski definition) is 10. The van der Waals surface area contributed by atoms with Gasteiger partial charge >= 0.3 is 0 Å². The number of carbonyl (C=O) groups excluding carboxylic acids is 1. The van der Waals surface area contributed by atoms with E-state index in [9.17, 15) is 20.4 Å². The van der Waals surface area contributed by atoms with Crippen molar-refractivity contribution in [1.29, 1.82) is 10.5 Å². The molecule has 0 atom stereocenters. The Balaban J connectivity index is 1.31. The molecule has 53 heavy (non-hydrogen) atoms. The average molecular weight is 722 g/mol. The van der Waals surface area contributed by atoms with Crippen LogP contribution < -0.4 is 15.7 Å². The molecule has 1 saturated heterocycles. The van der Waals surface area contributed by atoms with Gasteiger partial charge in [-0.15, -0.1) is 5.10 Å². The van der Waals surface area contributed by atoms with Gasteiger partial charge in [0.25, 0.3) is 5.91 Å². The van der Waals surface area contributed by atoms with Crippen molar-refractivity contribution in [3.63, 3.8) is 0 Å². The fourth-order valence-corrected chi connectivity index (χ4v) is 6.44. The van der Waals surface area contributed by atoms with Crippen molar-refractivity contribution >= 4 is 28.3 Å². The fraction of sp³-hybridized carbons (Fsp3) is 0.263. The van der Waals surface area contributed by atoms with Gasteiger partial charge in [-0.3, -0.25) is 10.0 Å². The average Bonchev–Trinajstić information content (AvgIpc) is 3.55. The van der Waals surface area contributed by atoms with Gasteiger partial charge in [0.05, 0.1) is 17.7 Å². The number of nitrogens with zero attached hydrogens (tertiary/aromatic N) is 7. The number of halogens is 3. The number of fused-ring (bicyclic) bond motifs is 1. The van der Waals surface area contributed by atoms with Gasteiger partial charge in [-0.1, -0.05) is 42.1 Å². The van der Waals surface area contributed by atoms with E-state index in [1.165, 1.54) is 38.2 Å². The Morgan fingerprint density at radius 1 is 1.04 bits per heavy atom. The van der Waals surface area contributed by atoms with Gasteiger partial charge in [0, 0.05) is 54.1 Å². The summed E-state index contributed by atoms with van der Waals surface area (Å²) >= 11 is 0. The van der Waals surface area contributed by atoms with Crippen LogP contribution in [0.3, 0.4) is 0 Å². The van der Waals surface area contributed by atoms with Crippen LogP contribution in [0.2, 0.25) is 0 Å². The first-order chi connectivity index (χ1) is 25.3. The number of nitrogens with one attached hydrogen (secondary N) is 2. The van der Waals surface area contributed by atoms with E-state index in [0.717, 1.165) is 16.3 Å². The summed E-state index contributed by atoms with van der Waals surface area (Å²) in [6.07, 6.45) is 2.68. The molecule has 0 saturated carbocycles. The van der Waals surface area contributed by atoms with Crippen LogP contribution in [0, 0.1) is 40.1 Å². The molecule has 0 bridgehead atoms. The first-order valence-electron chi connectivity index (χ1n) is 16.6. The number of hydroxylamine groups is 1. The number of nitriles is 2. The minimum Gasteiger partial charge on any atom is -0.389 e. The predicted octanol–water partition coefficient (Wildman–Crippen LogP) is 5.37. The van der Waals surface area contributed by atoms with Crippen molar-refractivity contribution in [2.24, 2.45) is 0 Å². The van der Waals surface area contributed by atoms with Crippen LogP contribution in [0.4, 0.5) is 19.0 Å². The van der Waals surface area contributed by atoms with E-state index in [1.807, 2.05) is 17.0 Å². The van der Waals surface area contributed by atoms with E-state index in [1.54, 1.807) is 23.7 Å². The number of aliphatic hydroxyl groups is 1. The van der Waals surface area contributed by atoms with E-state index >= 15 is 13.2 Å². The lowest BCUT2D eigenvalue weighted by Crippen LogP contribution is -2.42. The van der Waals surface area contributed by atoms with Crippen molar-refractivity contribution in [3.05, 3.63) is 101 Å². The zero-order valence-corrected chi connectivity index (χ0v) is 28.8. The first kappa shape index (κ1) is 36.7. The number of amides is 1. The van der Waals surface area contributed by atoms with E-state index < -0.39 is 29.0 Å². The topological polar surface area (TPSA) is 176 Å². The summed E-state index contributed by atoms with van der Waals surface area (Å²) in [5, 5.41) is 50.4. The Kier molecular flexibility index (Phi) is 10.3. The minimum absolute atomic E-state index is 0.00670. The number of rotatable bonds is 10. The van der Waals surface area contributed by atoms with Gasteiger partial charge in [0.1, 0.15) is 40.4 Å². The van der Waals surface area contributed by atoms with Crippen LogP contribution in [0.25, 0.3) is 38.9 Å². The molecule has 0 aliphatic carbocycles. The molecule has 0 spiro atoms. The van der Waals surface area contributed by atoms with Crippen molar-refractivity contribution < 1.29 is 28.3 Å². The fourth-order valence-electron chi connectivity index (χ4n) is 6.44. The highest BCUT2D eigenvalue weighted by Crippen LogP contribution is 2.41. The molecule has 1 amide bonds. The number of benzene rings is 3. The van der Waals surface area contributed by atoms with E-state index in [-0.39, 0.29) is 68.4 Å². The Hall–Kier alpha value is -6.13. The Bertz CT molecular complexity index is 2310. The minimum atomic E-state index is -1.30. The summed E-state index contributed by atoms with van der Waals surface area (Å²) in [6, 6.07) is 16.3. The van der Waals surface area contributed by atoms with Crippen LogP contribution in [0.15, 0.2) is 61.3 Å². The van der Waals surface area contributed by atoms with Gasteiger partial charge in [0.2, 0.25) is 0 Å². The summed E-state index contributed by atoms with van der Waals surface area (Å²) in [7, 11) is 0. The number of anilines is 1. The van der Waals surface area contributed by atoms with Gasteiger partial charge in [0.15, 0.2) is 11.6 Å². The van der Waals surface area contributed by atoms with Gasteiger partial charge in [-0.25, -0.2) is 28.3 Å². The van der Waals surface area contributed by atoms with Crippen LogP contribution in [-0.2, 0) is 17.9 Å².